The molecule has 1 aliphatic heterocycles. The number of hydrogen-bond acceptors (Lipinski definition) is 4. The van der Waals surface area contributed by atoms with Crippen molar-refractivity contribution in [3.8, 4) is 11.4 Å². The van der Waals surface area contributed by atoms with Gasteiger partial charge in [0, 0.05) is 29.7 Å². The van der Waals surface area contributed by atoms with Gasteiger partial charge in [-0.3, -0.25) is 0 Å². The second-order valence-corrected chi connectivity index (χ2v) is 5.86. The first-order valence-electron chi connectivity index (χ1n) is 8.23. The Morgan fingerprint density at radius 2 is 2.12 bits per heavy atom. The molecule has 1 aliphatic rings. The predicted molar refractivity (Wildman–Crippen MR) is 92.8 cm³/mol. The van der Waals surface area contributed by atoms with E-state index < -0.39 is 0 Å². The van der Waals surface area contributed by atoms with Gasteiger partial charge in [0.15, 0.2) is 5.82 Å². The molecule has 1 fully saturated rings. The molecule has 1 saturated heterocycles. The topological polar surface area (TPSA) is 67.3 Å². The van der Waals surface area contributed by atoms with E-state index in [9.17, 15) is 4.79 Å². The molecule has 0 unspecified atom stereocenters. The summed E-state index contributed by atoms with van der Waals surface area (Å²) in [7, 11) is 0. The van der Waals surface area contributed by atoms with Crippen molar-refractivity contribution in [1.82, 2.24) is 14.9 Å². The highest BCUT2D eigenvalue weighted by atomic mass is 16.5. The Labute approximate surface area is 141 Å². The molecule has 2 amide bonds. The quantitative estimate of drug-likeness (QED) is 0.941. The monoisotopic (exact) mass is 326 g/mol. The Kier molecular flexibility index (Phi) is 5.05. The van der Waals surface area contributed by atoms with Crippen molar-refractivity contribution in [2.45, 2.75) is 26.3 Å². The molecule has 24 heavy (non-hydrogen) atoms. The van der Waals surface area contributed by atoms with Gasteiger partial charge < -0.3 is 15.0 Å². The maximum atomic E-state index is 12.5. The second-order valence-electron chi connectivity index (χ2n) is 5.86. The summed E-state index contributed by atoms with van der Waals surface area (Å²) >= 11 is 0. The van der Waals surface area contributed by atoms with Crippen molar-refractivity contribution in [3.63, 3.8) is 0 Å². The SMILES string of the molecule is CC[C@@H]1COCCN1C(=O)Nc1ccc(-c2nccc(C)n2)cc1. The van der Waals surface area contributed by atoms with Crippen LogP contribution in [-0.4, -0.2) is 46.7 Å². The minimum atomic E-state index is -0.0790. The Hall–Kier alpha value is -2.47. The van der Waals surface area contributed by atoms with Crippen molar-refractivity contribution in [3.05, 3.63) is 42.2 Å². The van der Waals surface area contributed by atoms with Crippen LogP contribution in [0.25, 0.3) is 11.4 Å². The highest BCUT2D eigenvalue weighted by Gasteiger charge is 2.25. The number of benzene rings is 1. The van der Waals surface area contributed by atoms with E-state index in [-0.39, 0.29) is 12.1 Å². The first-order valence-corrected chi connectivity index (χ1v) is 8.23. The van der Waals surface area contributed by atoms with E-state index in [1.54, 1.807) is 6.20 Å². The van der Waals surface area contributed by atoms with Crippen LogP contribution in [0.2, 0.25) is 0 Å². The summed E-state index contributed by atoms with van der Waals surface area (Å²) in [6.45, 7) is 5.82. The standard InChI is InChI=1S/C18H22N4O2/c1-3-16-12-24-11-10-22(16)18(23)21-15-6-4-14(5-7-15)17-19-9-8-13(2)20-17/h4-9,16H,3,10-12H2,1-2H3,(H,21,23)/t16-/m1/s1. The van der Waals surface area contributed by atoms with Crippen LogP contribution in [0.15, 0.2) is 36.5 Å². The fraction of sp³-hybridized carbons (Fsp3) is 0.389. The van der Waals surface area contributed by atoms with Gasteiger partial charge in [0.1, 0.15) is 0 Å². The molecule has 0 radical (unpaired) electrons. The number of nitrogens with one attached hydrogen (secondary N) is 1. The van der Waals surface area contributed by atoms with Crippen molar-refractivity contribution in [1.29, 1.82) is 0 Å². The molecule has 3 rings (SSSR count). The summed E-state index contributed by atoms with van der Waals surface area (Å²) in [6.07, 6.45) is 2.63. The van der Waals surface area contributed by atoms with Crippen LogP contribution in [0, 0.1) is 6.92 Å². The Balaban J connectivity index is 1.68. The van der Waals surface area contributed by atoms with E-state index in [2.05, 4.69) is 22.2 Å². The Bertz CT molecular complexity index is 702. The minimum Gasteiger partial charge on any atom is -0.377 e. The van der Waals surface area contributed by atoms with Crippen molar-refractivity contribution in [2.75, 3.05) is 25.1 Å². The summed E-state index contributed by atoms with van der Waals surface area (Å²) in [4.78, 5) is 23.0. The number of amides is 2. The molecule has 1 N–H and O–H groups in total. The molecular formula is C18H22N4O2. The number of carbonyl (C=O) groups is 1. The van der Waals surface area contributed by atoms with Gasteiger partial charge >= 0.3 is 6.03 Å². The lowest BCUT2D eigenvalue weighted by atomic mass is 10.2. The molecule has 1 aromatic carbocycles. The zero-order valence-electron chi connectivity index (χ0n) is 14.0. The van der Waals surface area contributed by atoms with Crippen LogP contribution in [0.1, 0.15) is 19.0 Å². The predicted octanol–water partition coefficient (Wildman–Crippen LogP) is 3.09. The zero-order valence-corrected chi connectivity index (χ0v) is 14.0. The largest absolute Gasteiger partial charge is 0.377 e. The molecule has 0 spiro atoms. The van der Waals surface area contributed by atoms with Crippen molar-refractivity contribution in [2.24, 2.45) is 0 Å². The number of aryl methyl sites for hydroxylation is 1. The first-order chi connectivity index (χ1) is 11.7. The van der Waals surface area contributed by atoms with Crippen LogP contribution in [-0.2, 0) is 4.74 Å². The lowest BCUT2D eigenvalue weighted by molar-refractivity contribution is 0.0144. The number of hydrogen-bond donors (Lipinski definition) is 1. The summed E-state index contributed by atoms with van der Waals surface area (Å²) in [6, 6.07) is 9.51. The van der Waals surface area contributed by atoms with E-state index >= 15 is 0 Å². The van der Waals surface area contributed by atoms with E-state index in [0.717, 1.165) is 23.4 Å². The summed E-state index contributed by atoms with van der Waals surface area (Å²) in [5.74, 6) is 0.687. The molecule has 2 heterocycles. The number of rotatable bonds is 3. The van der Waals surface area contributed by atoms with Crippen molar-refractivity contribution >= 4 is 11.7 Å². The van der Waals surface area contributed by atoms with Crippen LogP contribution < -0.4 is 5.32 Å². The van der Waals surface area contributed by atoms with E-state index in [1.807, 2.05) is 42.2 Å². The van der Waals surface area contributed by atoms with E-state index in [4.69, 9.17) is 4.74 Å². The lowest BCUT2D eigenvalue weighted by Gasteiger charge is -2.35. The van der Waals surface area contributed by atoms with E-state index in [0.29, 0.717) is 25.6 Å². The Morgan fingerprint density at radius 1 is 1.33 bits per heavy atom. The summed E-state index contributed by atoms with van der Waals surface area (Å²) in [5.41, 5.74) is 2.61. The van der Waals surface area contributed by atoms with Gasteiger partial charge in [-0.1, -0.05) is 6.92 Å². The van der Waals surface area contributed by atoms with Gasteiger partial charge in [0.25, 0.3) is 0 Å². The molecule has 0 aliphatic carbocycles. The van der Waals surface area contributed by atoms with Gasteiger partial charge in [-0.05, 0) is 43.7 Å². The third kappa shape index (κ3) is 3.71. The molecular weight excluding hydrogens is 304 g/mol. The molecule has 126 valence electrons. The fourth-order valence-electron chi connectivity index (χ4n) is 2.75. The normalized spacial score (nSPS) is 17.6. The van der Waals surface area contributed by atoms with Gasteiger partial charge in [-0.15, -0.1) is 0 Å². The number of carbonyl (C=O) groups excluding carboxylic acids is 1. The molecule has 1 aromatic heterocycles. The second kappa shape index (κ2) is 7.40. The Morgan fingerprint density at radius 3 is 2.83 bits per heavy atom. The third-order valence-corrected chi connectivity index (χ3v) is 4.15. The van der Waals surface area contributed by atoms with Crippen LogP contribution >= 0.6 is 0 Å². The smallest absolute Gasteiger partial charge is 0.322 e. The molecule has 0 bridgehead atoms. The van der Waals surface area contributed by atoms with Crippen LogP contribution in [0.5, 0.6) is 0 Å². The van der Waals surface area contributed by atoms with Gasteiger partial charge in [-0.2, -0.15) is 0 Å². The molecule has 6 nitrogen and oxygen atoms in total. The average molecular weight is 326 g/mol. The average Bonchev–Trinajstić information content (AvgIpc) is 2.62. The summed E-state index contributed by atoms with van der Waals surface area (Å²) < 4.78 is 5.44. The fourth-order valence-corrected chi connectivity index (χ4v) is 2.75. The van der Waals surface area contributed by atoms with Crippen molar-refractivity contribution < 1.29 is 9.53 Å². The number of aromatic nitrogens is 2. The highest BCUT2D eigenvalue weighted by molar-refractivity contribution is 5.89. The number of anilines is 1. The number of morpholine rings is 1. The molecule has 6 heteroatoms. The maximum absolute atomic E-state index is 12.5. The molecule has 2 aromatic rings. The highest BCUT2D eigenvalue weighted by Crippen LogP contribution is 2.19. The first kappa shape index (κ1) is 16.4. The van der Waals surface area contributed by atoms with Gasteiger partial charge in [0.05, 0.1) is 19.3 Å². The van der Waals surface area contributed by atoms with Gasteiger partial charge in [-0.25, -0.2) is 14.8 Å². The van der Waals surface area contributed by atoms with Crippen LogP contribution in [0.3, 0.4) is 0 Å². The summed E-state index contributed by atoms with van der Waals surface area (Å²) in [5, 5.41) is 2.96. The zero-order chi connectivity index (χ0) is 16.9. The number of ether oxygens (including phenoxy) is 1. The minimum absolute atomic E-state index is 0.0790. The maximum Gasteiger partial charge on any atom is 0.322 e. The molecule has 1 atom stereocenters. The lowest BCUT2D eigenvalue weighted by Crippen LogP contribution is -2.50. The molecule has 0 saturated carbocycles. The van der Waals surface area contributed by atoms with E-state index in [1.165, 1.54) is 0 Å². The number of urea groups is 1. The third-order valence-electron chi connectivity index (χ3n) is 4.15. The van der Waals surface area contributed by atoms with Crippen LogP contribution in [0.4, 0.5) is 10.5 Å². The number of nitrogens with zero attached hydrogens (tertiary/aromatic N) is 3. The van der Waals surface area contributed by atoms with Gasteiger partial charge in [0.2, 0.25) is 0 Å².